The second kappa shape index (κ2) is 8.72. The van der Waals surface area contributed by atoms with E-state index in [2.05, 4.69) is 22.5 Å². The molecule has 0 spiro atoms. The van der Waals surface area contributed by atoms with Crippen molar-refractivity contribution in [1.29, 1.82) is 0 Å². The first kappa shape index (κ1) is 16.7. The van der Waals surface area contributed by atoms with E-state index < -0.39 is 11.7 Å². The van der Waals surface area contributed by atoms with Crippen LogP contribution in [0.5, 0.6) is 0 Å². The van der Waals surface area contributed by atoms with Crippen LogP contribution >= 0.6 is 0 Å². The molecule has 0 heterocycles. The fourth-order valence-electron chi connectivity index (χ4n) is 1.51. The normalized spacial score (nSPS) is 9.48. The molecule has 112 valence electrons. The molecule has 1 aromatic rings. The standard InChI is InChI=1S/C15H17FN2O3/c1-11(20)17-7-8-18-15(21)13-6-5-12(10-14(13)16)4-2-3-9-19/h5-6,10,19H,3,7-9H2,1H3,(H,17,20)(H,18,21). The van der Waals surface area contributed by atoms with E-state index in [-0.39, 0.29) is 31.2 Å². The lowest BCUT2D eigenvalue weighted by Gasteiger charge is -2.06. The summed E-state index contributed by atoms with van der Waals surface area (Å²) in [6.45, 7) is 1.83. The van der Waals surface area contributed by atoms with Gasteiger partial charge in [0.1, 0.15) is 5.82 Å². The third-order valence-corrected chi connectivity index (χ3v) is 2.47. The van der Waals surface area contributed by atoms with Gasteiger partial charge in [0.2, 0.25) is 5.91 Å². The summed E-state index contributed by atoms with van der Waals surface area (Å²) in [6, 6.07) is 4.06. The van der Waals surface area contributed by atoms with Crippen molar-refractivity contribution in [3.05, 3.63) is 35.1 Å². The maximum absolute atomic E-state index is 13.8. The lowest BCUT2D eigenvalue weighted by Crippen LogP contribution is -2.34. The molecular formula is C15H17FN2O3. The lowest BCUT2D eigenvalue weighted by atomic mass is 10.1. The maximum atomic E-state index is 13.8. The van der Waals surface area contributed by atoms with E-state index in [9.17, 15) is 14.0 Å². The molecule has 0 saturated carbocycles. The molecule has 0 atom stereocenters. The van der Waals surface area contributed by atoms with E-state index in [0.717, 1.165) is 0 Å². The first-order valence-electron chi connectivity index (χ1n) is 6.46. The van der Waals surface area contributed by atoms with E-state index in [1.807, 2.05) is 0 Å². The van der Waals surface area contributed by atoms with Crippen LogP contribution in [0.2, 0.25) is 0 Å². The minimum Gasteiger partial charge on any atom is -0.395 e. The summed E-state index contributed by atoms with van der Waals surface area (Å²) in [5.74, 6) is 3.95. The van der Waals surface area contributed by atoms with Gasteiger partial charge in [-0.15, -0.1) is 0 Å². The molecule has 21 heavy (non-hydrogen) atoms. The molecule has 0 radical (unpaired) electrons. The van der Waals surface area contributed by atoms with Crippen LogP contribution in [0.1, 0.15) is 29.3 Å². The number of rotatable bonds is 5. The topological polar surface area (TPSA) is 78.4 Å². The second-order valence-corrected chi connectivity index (χ2v) is 4.21. The Morgan fingerprint density at radius 1 is 1.29 bits per heavy atom. The summed E-state index contributed by atoms with van der Waals surface area (Å²) in [5.41, 5.74) is 0.362. The van der Waals surface area contributed by atoms with Gasteiger partial charge in [0, 0.05) is 32.0 Å². The minimum absolute atomic E-state index is 0.0513. The molecule has 0 unspecified atom stereocenters. The molecule has 1 rings (SSSR count). The average molecular weight is 292 g/mol. The molecule has 0 saturated heterocycles. The van der Waals surface area contributed by atoms with Crippen molar-refractivity contribution < 1.29 is 19.1 Å². The molecule has 0 aliphatic carbocycles. The number of carbonyl (C=O) groups excluding carboxylic acids is 2. The van der Waals surface area contributed by atoms with Crippen molar-refractivity contribution in [2.75, 3.05) is 19.7 Å². The Kier molecular flexibility index (Phi) is 6.92. The Balaban J connectivity index is 2.61. The highest BCUT2D eigenvalue weighted by atomic mass is 19.1. The number of aliphatic hydroxyl groups is 1. The summed E-state index contributed by atoms with van der Waals surface area (Å²) in [6.07, 6.45) is 0.313. The molecule has 0 bridgehead atoms. The number of amides is 2. The van der Waals surface area contributed by atoms with Gasteiger partial charge in [-0.1, -0.05) is 11.8 Å². The molecule has 2 amide bonds. The largest absolute Gasteiger partial charge is 0.395 e. The Hall–Kier alpha value is -2.39. The summed E-state index contributed by atoms with van der Waals surface area (Å²) in [7, 11) is 0. The number of hydrogen-bond acceptors (Lipinski definition) is 3. The third-order valence-electron chi connectivity index (χ3n) is 2.47. The summed E-state index contributed by atoms with van der Waals surface area (Å²) in [5, 5.41) is 13.6. The van der Waals surface area contributed by atoms with Crippen LogP contribution in [-0.4, -0.2) is 36.6 Å². The van der Waals surface area contributed by atoms with Crippen LogP contribution in [0.4, 0.5) is 4.39 Å². The molecule has 0 aliphatic heterocycles. The van der Waals surface area contributed by atoms with Gasteiger partial charge in [0.25, 0.3) is 5.91 Å². The van der Waals surface area contributed by atoms with Gasteiger partial charge >= 0.3 is 0 Å². The van der Waals surface area contributed by atoms with Crippen LogP contribution in [-0.2, 0) is 4.79 Å². The Bertz CT molecular complexity index is 576. The molecule has 6 heteroatoms. The fraction of sp³-hybridized carbons (Fsp3) is 0.333. The number of benzene rings is 1. The predicted molar refractivity (Wildman–Crippen MR) is 76.0 cm³/mol. The van der Waals surface area contributed by atoms with Crippen molar-refractivity contribution in [2.24, 2.45) is 0 Å². The first-order valence-corrected chi connectivity index (χ1v) is 6.46. The van der Waals surface area contributed by atoms with Crippen LogP contribution in [0.25, 0.3) is 0 Å². The summed E-state index contributed by atoms with van der Waals surface area (Å²) < 4.78 is 13.8. The third kappa shape index (κ3) is 6.06. The van der Waals surface area contributed by atoms with E-state index in [4.69, 9.17) is 5.11 Å². The number of hydrogen-bond donors (Lipinski definition) is 3. The average Bonchev–Trinajstić information content (AvgIpc) is 2.43. The van der Waals surface area contributed by atoms with E-state index >= 15 is 0 Å². The number of carbonyl (C=O) groups is 2. The van der Waals surface area contributed by atoms with Gasteiger partial charge in [-0.05, 0) is 18.2 Å². The Morgan fingerprint density at radius 2 is 2.00 bits per heavy atom. The predicted octanol–water partition coefficient (Wildman–Crippen LogP) is 0.425. The van der Waals surface area contributed by atoms with E-state index in [1.54, 1.807) is 0 Å². The highest BCUT2D eigenvalue weighted by Crippen LogP contribution is 2.09. The fourth-order valence-corrected chi connectivity index (χ4v) is 1.51. The molecule has 3 N–H and O–H groups in total. The lowest BCUT2D eigenvalue weighted by molar-refractivity contribution is -0.118. The van der Waals surface area contributed by atoms with E-state index in [1.165, 1.54) is 25.1 Å². The SMILES string of the molecule is CC(=O)NCCNC(=O)c1ccc(C#CCCO)cc1F. The number of aliphatic hydroxyl groups excluding tert-OH is 1. The zero-order chi connectivity index (χ0) is 15.7. The molecule has 5 nitrogen and oxygen atoms in total. The number of halogens is 1. The number of nitrogens with one attached hydrogen (secondary N) is 2. The van der Waals surface area contributed by atoms with Crippen molar-refractivity contribution in [2.45, 2.75) is 13.3 Å². The highest BCUT2D eigenvalue weighted by Gasteiger charge is 2.11. The van der Waals surface area contributed by atoms with Crippen molar-refractivity contribution in [3.63, 3.8) is 0 Å². The van der Waals surface area contributed by atoms with Crippen molar-refractivity contribution in [1.82, 2.24) is 10.6 Å². The Morgan fingerprint density at radius 3 is 2.62 bits per heavy atom. The monoisotopic (exact) mass is 292 g/mol. The molecular weight excluding hydrogens is 275 g/mol. The molecule has 0 aromatic heterocycles. The van der Waals surface area contributed by atoms with E-state index in [0.29, 0.717) is 12.0 Å². The molecule has 0 aliphatic rings. The van der Waals surface area contributed by atoms with Crippen molar-refractivity contribution in [3.8, 4) is 11.8 Å². The quantitative estimate of drug-likeness (QED) is 0.544. The summed E-state index contributed by atoms with van der Waals surface area (Å²) >= 11 is 0. The van der Waals surface area contributed by atoms with Crippen LogP contribution in [0, 0.1) is 17.7 Å². The maximum Gasteiger partial charge on any atom is 0.254 e. The van der Waals surface area contributed by atoms with Crippen LogP contribution in [0.3, 0.4) is 0 Å². The van der Waals surface area contributed by atoms with Gasteiger partial charge in [-0.25, -0.2) is 4.39 Å². The molecule has 1 aromatic carbocycles. The first-order chi connectivity index (χ1) is 10.0. The zero-order valence-electron chi connectivity index (χ0n) is 11.7. The van der Waals surface area contributed by atoms with Gasteiger partial charge < -0.3 is 15.7 Å². The van der Waals surface area contributed by atoms with Gasteiger partial charge in [0.05, 0.1) is 12.2 Å². The van der Waals surface area contributed by atoms with Gasteiger partial charge in [0.15, 0.2) is 0 Å². The minimum atomic E-state index is -0.664. The van der Waals surface area contributed by atoms with Crippen LogP contribution < -0.4 is 10.6 Å². The highest BCUT2D eigenvalue weighted by molar-refractivity contribution is 5.94. The molecule has 0 fully saturated rings. The van der Waals surface area contributed by atoms with Crippen LogP contribution in [0.15, 0.2) is 18.2 Å². The summed E-state index contributed by atoms with van der Waals surface area (Å²) in [4.78, 5) is 22.4. The Labute approximate surface area is 122 Å². The van der Waals surface area contributed by atoms with Gasteiger partial charge in [-0.3, -0.25) is 9.59 Å². The van der Waals surface area contributed by atoms with Gasteiger partial charge in [-0.2, -0.15) is 0 Å². The zero-order valence-corrected chi connectivity index (χ0v) is 11.7. The second-order valence-electron chi connectivity index (χ2n) is 4.21. The smallest absolute Gasteiger partial charge is 0.254 e. The van der Waals surface area contributed by atoms with Crippen molar-refractivity contribution >= 4 is 11.8 Å².